The molecule has 0 radical (unpaired) electrons. The van der Waals surface area contributed by atoms with Crippen LogP contribution in [0.4, 0.5) is 14.6 Å². The van der Waals surface area contributed by atoms with Gasteiger partial charge in [-0.15, -0.1) is 0 Å². The molecule has 5 atom stereocenters. The zero-order valence-corrected chi connectivity index (χ0v) is 28.5. The van der Waals surface area contributed by atoms with Gasteiger partial charge in [-0.1, -0.05) is 62.2 Å². The van der Waals surface area contributed by atoms with Crippen molar-refractivity contribution in [3.05, 3.63) is 81.5 Å². The summed E-state index contributed by atoms with van der Waals surface area (Å²) in [6, 6.07) is 8.57. The number of nitrogens with zero attached hydrogens (tertiary/aromatic N) is 2. The highest BCUT2D eigenvalue weighted by Crippen LogP contribution is 2.50. The minimum Gasteiger partial charge on any atom is -0.389 e. The van der Waals surface area contributed by atoms with E-state index in [9.17, 15) is 9.90 Å². The van der Waals surface area contributed by atoms with Crippen LogP contribution in [-0.2, 0) is 21.6 Å². The number of halogens is 4. The molecule has 1 fully saturated rings. The SMILES string of the molecule is CNC[C@H](O)COC(C)(C)Cn1ccc(NC(=O)[C@@H]2N[C@@H](CC(C)(C)C)[C@](N)(c3ccc(Cl)cc3F)[C@H]2c2cccc(Cl)c2F)n1. The molecule has 1 amide bonds. The lowest BCUT2D eigenvalue weighted by atomic mass is 9.68. The predicted molar refractivity (Wildman–Crippen MR) is 177 cm³/mol. The van der Waals surface area contributed by atoms with Crippen molar-refractivity contribution in [1.29, 1.82) is 0 Å². The maximum atomic E-state index is 15.8. The number of hydrogen-bond acceptors (Lipinski definition) is 7. The Balaban J connectivity index is 1.69. The lowest BCUT2D eigenvalue weighted by Crippen LogP contribution is -2.52. The fraction of sp³-hybridized carbons (Fsp3) is 0.515. The molecule has 252 valence electrons. The lowest BCUT2D eigenvalue weighted by molar-refractivity contribution is -0.118. The van der Waals surface area contributed by atoms with Gasteiger partial charge in [-0.05, 0) is 56.5 Å². The number of nitrogens with one attached hydrogen (secondary N) is 3. The molecule has 46 heavy (non-hydrogen) atoms. The van der Waals surface area contributed by atoms with E-state index >= 15 is 8.78 Å². The summed E-state index contributed by atoms with van der Waals surface area (Å²) in [7, 11) is 1.75. The number of aliphatic hydroxyl groups is 1. The maximum absolute atomic E-state index is 15.8. The normalized spacial score (nSPS) is 22.7. The van der Waals surface area contributed by atoms with Gasteiger partial charge in [-0.2, -0.15) is 5.10 Å². The first kappa shape index (κ1) is 36.2. The monoisotopic (exact) mass is 680 g/mol. The second-order valence-electron chi connectivity index (χ2n) is 13.8. The highest BCUT2D eigenvalue weighted by molar-refractivity contribution is 6.31. The number of hydrogen-bond donors (Lipinski definition) is 5. The summed E-state index contributed by atoms with van der Waals surface area (Å²) in [5.74, 6) is -2.75. The Morgan fingerprint density at radius 3 is 2.57 bits per heavy atom. The third-order valence-electron chi connectivity index (χ3n) is 8.16. The fourth-order valence-electron chi connectivity index (χ4n) is 6.18. The number of carbonyl (C=O) groups is 1. The Morgan fingerprint density at radius 1 is 1.20 bits per heavy atom. The average Bonchev–Trinajstić information content (AvgIpc) is 3.49. The number of likely N-dealkylation sites (N-methyl/N-ethyl adjacent to an activating group) is 1. The molecule has 3 aromatic rings. The summed E-state index contributed by atoms with van der Waals surface area (Å²) in [5.41, 5.74) is 4.87. The van der Waals surface area contributed by atoms with E-state index in [1.807, 2.05) is 34.6 Å². The number of carbonyl (C=O) groups excluding carboxylic acids is 1. The van der Waals surface area contributed by atoms with Crippen molar-refractivity contribution in [2.75, 3.05) is 25.5 Å². The zero-order chi connectivity index (χ0) is 34.0. The Morgan fingerprint density at radius 2 is 1.91 bits per heavy atom. The van der Waals surface area contributed by atoms with Gasteiger partial charge >= 0.3 is 0 Å². The summed E-state index contributed by atoms with van der Waals surface area (Å²) in [5, 5.41) is 23.6. The van der Waals surface area contributed by atoms with E-state index in [-0.39, 0.29) is 39.0 Å². The van der Waals surface area contributed by atoms with E-state index in [2.05, 4.69) is 21.0 Å². The standard InChI is InChI=1S/C33H44Cl2F2N6O3/c1-31(2,3)15-25-33(38,22-11-10-19(34)14-24(22)36)27(21-8-7-9-23(35)28(21)37)29(40-25)30(45)41-26-12-13-43(42-26)18-32(4,5)46-17-20(44)16-39-6/h7-14,20,25,27,29,39-40,44H,15-18,38H2,1-6H3,(H,41,42,45)/t20-,25-,27-,29+,33+/m0/s1. The molecule has 9 nitrogen and oxygen atoms in total. The fourth-order valence-corrected chi connectivity index (χ4v) is 6.52. The van der Waals surface area contributed by atoms with Gasteiger partial charge < -0.3 is 31.5 Å². The third kappa shape index (κ3) is 8.25. The first-order valence-electron chi connectivity index (χ1n) is 15.2. The number of nitrogens with two attached hydrogens (primary N) is 1. The molecule has 1 saturated heterocycles. The Kier molecular flexibility index (Phi) is 11.2. The van der Waals surface area contributed by atoms with E-state index in [0.717, 1.165) is 6.07 Å². The molecule has 2 heterocycles. The molecule has 2 aromatic carbocycles. The molecule has 6 N–H and O–H groups in total. The van der Waals surface area contributed by atoms with Crippen LogP contribution in [0.25, 0.3) is 0 Å². The Hall–Kier alpha value is -2.64. The third-order valence-corrected chi connectivity index (χ3v) is 8.69. The molecule has 0 bridgehead atoms. The predicted octanol–water partition coefficient (Wildman–Crippen LogP) is 5.20. The summed E-state index contributed by atoms with van der Waals surface area (Å²) >= 11 is 12.3. The summed E-state index contributed by atoms with van der Waals surface area (Å²) in [4.78, 5) is 14.1. The Labute approximate surface area is 279 Å². The molecular weight excluding hydrogens is 637 g/mol. The van der Waals surface area contributed by atoms with Gasteiger partial charge in [0.15, 0.2) is 5.82 Å². The highest BCUT2D eigenvalue weighted by atomic mass is 35.5. The lowest BCUT2D eigenvalue weighted by Gasteiger charge is -2.40. The van der Waals surface area contributed by atoms with Crippen LogP contribution in [0.5, 0.6) is 0 Å². The minimum atomic E-state index is -1.59. The molecule has 1 aliphatic heterocycles. The van der Waals surface area contributed by atoms with Crippen molar-refractivity contribution < 1.29 is 23.4 Å². The minimum absolute atomic E-state index is 0.0818. The van der Waals surface area contributed by atoms with E-state index in [1.54, 1.807) is 30.1 Å². The average molecular weight is 682 g/mol. The van der Waals surface area contributed by atoms with Crippen LogP contribution in [-0.4, -0.2) is 64.8 Å². The second-order valence-corrected chi connectivity index (χ2v) is 14.7. The van der Waals surface area contributed by atoms with Crippen molar-refractivity contribution in [1.82, 2.24) is 20.4 Å². The highest BCUT2D eigenvalue weighted by Gasteiger charge is 2.58. The zero-order valence-electron chi connectivity index (χ0n) is 27.0. The molecule has 0 unspecified atom stereocenters. The van der Waals surface area contributed by atoms with Crippen molar-refractivity contribution in [3.8, 4) is 0 Å². The van der Waals surface area contributed by atoms with Crippen LogP contribution in [0.2, 0.25) is 10.0 Å². The quantitative estimate of drug-likeness (QED) is 0.178. The van der Waals surface area contributed by atoms with Gasteiger partial charge in [0.1, 0.15) is 11.6 Å². The number of aromatic nitrogens is 2. The van der Waals surface area contributed by atoms with Crippen LogP contribution in [0.15, 0.2) is 48.7 Å². The molecule has 0 saturated carbocycles. The summed E-state index contributed by atoms with van der Waals surface area (Å²) in [6.45, 7) is 10.6. The number of ether oxygens (including phenoxy) is 1. The number of anilines is 1. The van der Waals surface area contributed by atoms with Crippen LogP contribution < -0.4 is 21.7 Å². The largest absolute Gasteiger partial charge is 0.389 e. The molecule has 1 aromatic heterocycles. The van der Waals surface area contributed by atoms with Gasteiger partial charge in [0, 0.05) is 41.4 Å². The van der Waals surface area contributed by atoms with Crippen molar-refractivity contribution in [3.63, 3.8) is 0 Å². The van der Waals surface area contributed by atoms with Gasteiger partial charge in [-0.25, -0.2) is 8.78 Å². The van der Waals surface area contributed by atoms with Crippen molar-refractivity contribution in [2.45, 2.75) is 82.8 Å². The molecule has 13 heteroatoms. The van der Waals surface area contributed by atoms with E-state index in [0.29, 0.717) is 19.5 Å². The number of benzene rings is 2. The van der Waals surface area contributed by atoms with Crippen LogP contribution in [0, 0.1) is 17.0 Å². The second kappa shape index (κ2) is 14.2. The van der Waals surface area contributed by atoms with E-state index in [4.69, 9.17) is 33.7 Å². The van der Waals surface area contributed by atoms with Crippen LogP contribution in [0.1, 0.15) is 58.1 Å². The molecule has 1 aliphatic rings. The smallest absolute Gasteiger partial charge is 0.243 e. The molecule has 4 rings (SSSR count). The van der Waals surface area contributed by atoms with Gasteiger partial charge in [0.05, 0.1) is 41.5 Å². The van der Waals surface area contributed by atoms with Crippen molar-refractivity contribution >= 4 is 34.9 Å². The van der Waals surface area contributed by atoms with Crippen molar-refractivity contribution in [2.24, 2.45) is 11.1 Å². The number of aliphatic hydroxyl groups excluding tert-OH is 1. The number of rotatable bonds is 12. The van der Waals surface area contributed by atoms with Gasteiger partial charge in [0.25, 0.3) is 0 Å². The Bertz CT molecular complexity index is 1530. The first-order chi connectivity index (χ1) is 21.4. The van der Waals surface area contributed by atoms with Gasteiger partial charge in [-0.3, -0.25) is 9.48 Å². The number of amides is 1. The summed E-state index contributed by atoms with van der Waals surface area (Å²) in [6.07, 6.45) is 1.46. The van der Waals surface area contributed by atoms with Gasteiger partial charge in [0.2, 0.25) is 5.91 Å². The molecular formula is C33H44Cl2F2N6O3. The summed E-state index contributed by atoms with van der Waals surface area (Å²) < 4.78 is 39.0. The van der Waals surface area contributed by atoms with E-state index in [1.165, 1.54) is 24.3 Å². The first-order valence-corrected chi connectivity index (χ1v) is 16.0. The molecule has 0 spiro atoms. The maximum Gasteiger partial charge on any atom is 0.243 e. The van der Waals surface area contributed by atoms with Crippen LogP contribution >= 0.6 is 23.2 Å². The van der Waals surface area contributed by atoms with E-state index < -0.39 is 52.8 Å². The molecule has 0 aliphatic carbocycles. The topological polar surface area (TPSA) is 126 Å². The van der Waals surface area contributed by atoms with Crippen LogP contribution in [0.3, 0.4) is 0 Å².